The maximum absolute atomic E-state index is 9.63. The lowest BCUT2D eigenvalue weighted by Crippen LogP contribution is -2.06. The molecule has 0 heterocycles. The third kappa shape index (κ3) is 3.04. The number of ether oxygens (including phenoxy) is 1. The number of aliphatic hydroxyl groups excluding tert-OH is 1. The lowest BCUT2D eigenvalue weighted by atomic mass is 10.1. The van der Waals surface area contributed by atoms with Crippen molar-refractivity contribution >= 4 is 0 Å². The van der Waals surface area contributed by atoms with E-state index in [4.69, 9.17) is 4.74 Å². The fourth-order valence-electron chi connectivity index (χ4n) is 1.30. The first kappa shape index (κ1) is 11.1. The largest absolute Gasteiger partial charge is 0.491 e. The summed E-state index contributed by atoms with van der Waals surface area (Å²) in [6.45, 7) is 5.94. The zero-order chi connectivity index (χ0) is 10.6. The average Bonchev–Trinajstić information content (AvgIpc) is 2.16. The van der Waals surface area contributed by atoms with Gasteiger partial charge in [0.15, 0.2) is 0 Å². The average molecular weight is 194 g/mol. The minimum absolute atomic E-state index is 0.170. The third-order valence-electron chi connectivity index (χ3n) is 2.00. The molecule has 0 unspecified atom stereocenters. The van der Waals surface area contributed by atoms with E-state index < -0.39 is 0 Å². The highest BCUT2D eigenvalue weighted by atomic mass is 16.5. The first-order valence-electron chi connectivity index (χ1n) is 5.08. The molecule has 0 saturated heterocycles. The maximum atomic E-state index is 9.63. The lowest BCUT2D eigenvalue weighted by molar-refractivity contribution is 0.172. The Labute approximate surface area is 85.5 Å². The Hall–Kier alpha value is -1.02. The number of aliphatic hydroxyl groups is 1. The summed E-state index contributed by atoms with van der Waals surface area (Å²) in [7, 11) is 0. The smallest absolute Gasteiger partial charge is 0.120 e. The van der Waals surface area contributed by atoms with Crippen molar-refractivity contribution in [2.24, 2.45) is 0 Å². The van der Waals surface area contributed by atoms with Crippen molar-refractivity contribution in [3.63, 3.8) is 0 Å². The van der Waals surface area contributed by atoms with Gasteiger partial charge in [-0.05, 0) is 38.0 Å². The van der Waals surface area contributed by atoms with E-state index in [1.165, 1.54) is 0 Å². The molecule has 0 aromatic heterocycles. The van der Waals surface area contributed by atoms with Crippen molar-refractivity contribution in [3.8, 4) is 5.75 Å². The van der Waals surface area contributed by atoms with Crippen LogP contribution in [0.5, 0.6) is 5.75 Å². The second kappa shape index (κ2) is 5.01. The highest BCUT2D eigenvalue weighted by molar-refractivity contribution is 5.29. The topological polar surface area (TPSA) is 29.5 Å². The monoisotopic (exact) mass is 194 g/mol. The van der Waals surface area contributed by atoms with Gasteiger partial charge < -0.3 is 9.84 Å². The van der Waals surface area contributed by atoms with E-state index in [-0.39, 0.29) is 12.2 Å². The van der Waals surface area contributed by atoms with Crippen LogP contribution in [0.3, 0.4) is 0 Å². The molecule has 1 aromatic rings. The van der Waals surface area contributed by atoms with Gasteiger partial charge in [0.25, 0.3) is 0 Å². The zero-order valence-corrected chi connectivity index (χ0v) is 9.03. The number of benzene rings is 1. The van der Waals surface area contributed by atoms with Gasteiger partial charge in [-0.25, -0.2) is 0 Å². The summed E-state index contributed by atoms with van der Waals surface area (Å²) >= 11 is 0. The van der Waals surface area contributed by atoms with Crippen LogP contribution in [0.15, 0.2) is 24.3 Å². The Morgan fingerprint density at radius 3 is 2.64 bits per heavy atom. The van der Waals surface area contributed by atoms with E-state index >= 15 is 0 Å². The van der Waals surface area contributed by atoms with Crippen LogP contribution in [0, 0.1) is 0 Å². The van der Waals surface area contributed by atoms with Crippen molar-refractivity contribution in [1.82, 2.24) is 0 Å². The molecule has 1 atom stereocenters. The van der Waals surface area contributed by atoms with Crippen molar-refractivity contribution in [3.05, 3.63) is 29.8 Å². The molecular formula is C12H18O2. The lowest BCUT2D eigenvalue weighted by Gasteiger charge is -2.13. The van der Waals surface area contributed by atoms with Crippen LogP contribution < -0.4 is 4.74 Å². The number of hydrogen-bond acceptors (Lipinski definition) is 2. The Morgan fingerprint density at radius 2 is 2.07 bits per heavy atom. The molecule has 0 aliphatic rings. The fourth-order valence-corrected chi connectivity index (χ4v) is 1.30. The Kier molecular flexibility index (Phi) is 3.96. The van der Waals surface area contributed by atoms with E-state index in [0.717, 1.165) is 17.7 Å². The van der Waals surface area contributed by atoms with Crippen LogP contribution >= 0.6 is 0 Å². The molecule has 1 N–H and O–H groups in total. The summed E-state index contributed by atoms with van der Waals surface area (Å²) in [5.41, 5.74) is 0.922. The number of rotatable bonds is 4. The summed E-state index contributed by atoms with van der Waals surface area (Å²) < 4.78 is 5.54. The van der Waals surface area contributed by atoms with Crippen LogP contribution in [0.4, 0.5) is 0 Å². The molecule has 0 aliphatic heterocycles. The minimum atomic E-state index is -0.384. The van der Waals surface area contributed by atoms with Gasteiger partial charge in [0.1, 0.15) is 5.75 Å². The highest BCUT2D eigenvalue weighted by Gasteiger charge is 2.05. The predicted octanol–water partition coefficient (Wildman–Crippen LogP) is 2.92. The molecule has 78 valence electrons. The molecule has 0 spiro atoms. The molecule has 0 amide bonds. The van der Waals surface area contributed by atoms with Crippen LogP contribution in [-0.2, 0) is 0 Å². The molecule has 2 nitrogen and oxygen atoms in total. The molecule has 0 saturated carbocycles. The van der Waals surface area contributed by atoms with Gasteiger partial charge in [0.05, 0.1) is 12.2 Å². The van der Waals surface area contributed by atoms with Gasteiger partial charge in [-0.3, -0.25) is 0 Å². The fraction of sp³-hybridized carbons (Fsp3) is 0.500. The van der Waals surface area contributed by atoms with E-state index in [9.17, 15) is 5.11 Å². The van der Waals surface area contributed by atoms with Crippen LogP contribution in [0.2, 0.25) is 0 Å². The number of hydrogen-bond donors (Lipinski definition) is 1. The molecule has 0 fully saturated rings. The summed E-state index contributed by atoms with van der Waals surface area (Å²) in [6, 6.07) is 7.63. The molecule has 1 rings (SSSR count). The quantitative estimate of drug-likeness (QED) is 0.798. The van der Waals surface area contributed by atoms with Gasteiger partial charge in [-0.1, -0.05) is 19.1 Å². The molecule has 0 radical (unpaired) electrons. The predicted molar refractivity (Wildman–Crippen MR) is 57.5 cm³/mol. The van der Waals surface area contributed by atoms with Gasteiger partial charge in [0, 0.05) is 0 Å². The molecular weight excluding hydrogens is 176 g/mol. The highest BCUT2D eigenvalue weighted by Crippen LogP contribution is 2.21. The normalized spacial score (nSPS) is 12.9. The van der Waals surface area contributed by atoms with Crippen molar-refractivity contribution in [1.29, 1.82) is 0 Å². The Bertz CT molecular complexity index is 281. The zero-order valence-electron chi connectivity index (χ0n) is 9.03. The third-order valence-corrected chi connectivity index (χ3v) is 2.00. The molecule has 0 aliphatic carbocycles. The van der Waals surface area contributed by atoms with Gasteiger partial charge >= 0.3 is 0 Å². The van der Waals surface area contributed by atoms with Crippen LogP contribution in [0.1, 0.15) is 38.9 Å². The van der Waals surface area contributed by atoms with Crippen molar-refractivity contribution in [2.45, 2.75) is 39.4 Å². The standard InChI is InChI=1S/C12H18O2/c1-4-12(13)10-6-5-7-11(8-10)14-9(2)3/h5-9,12-13H,4H2,1-3H3/t12-/m0/s1. The Balaban J connectivity index is 2.78. The summed E-state index contributed by atoms with van der Waals surface area (Å²) in [6.07, 6.45) is 0.514. The van der Waals surface area contributed by atoms with E-state index in [1.54, 1.807) is 0 Å². The van der Waals surface area contributed by atoms with E-state index in [2.05, 4.69) is 0 Å². The second-order valence-electron chi connectivity index (χ2n) is 3.66. The van der Waals surface area contributed by atoms with E-state index in [0.29, 0.717) is 0 Å². The Morgan fingerprint density at radius 1 is 1.36 bits per heavy atom. The van der Waals surface area contributed by atoms with E-state index in [1.807, 2.05) is 45.0 Å². The van der Waals surface area contributed by atoms with Crippen molar-refractivity contribution in [2.75, 3.05) is 0 Å². The van der Waals surface area contributed by atoms with Gasteiger partial charge in [-0.2, -0.15) is 0 Å². The van der Waals surface area contributed by atoms with Crippen molar-refractivity contribution < 1.29 is 9.84 Å². The first-order valence-corrected chi connectivity index (χ1v) is 5.08. The molecule has 0 bridgehead atoms. The molecule has 2 heteroatoms. The van der Waals surface area contributed by atoms with Gasteiger partial charge in [-0.15, -0.1) is 0 Å². The summed E-state index contributed by atoms with van der Waals surface area (Å²) in [5.74, 6) is 0.824. The van der Waals surface area contributed by atoms with Crippen LogP contribution in [-0.4, -0.2) is 11.2 Å². The summed E-state index contributed by atoms with van der Waals surface area (Å²) in [4.78, 5) is 0. The second-order valence-corrected chi connectivity index (χ2v) is 3.66. The first-order chi connectivity index (χ1) is 6.63. The molecule has 14 heavy (non-hydrogen) atoms. The SMILES string of the molecule is CC[C@H](O)c1cccc(OC(C)C)c1. The summed E-state index contributed by atoms with van der Waals surface area (Å²) in [5, 5.41) is 9.63. The minimum Gasteiger partial charge on any atom is -0.491 e. The van der Waals surface area contributed by atoms with Crippen LogP contribution in [0.25, 0.3) is 0 Å². The van der Waals surface area contributed by atoms with Gasteiger partial charge in [0.2, 0.25) is 0 Å². The molecule has 1 aromatic carbocycles. The maximum Gasteiger partial charge on any atom is 0.120 e.